The van der Waals surface area contributed by atoms with Crippen molar-refractivity contribution in [2.75, 3.05) is 0 Å². The Morgan fingerprint density at radius 1 is 1.54 bits per heavy atom. The van der Waals surface area contributed by atoms with Gasteiger partial charge in [-0.2, -0.15) is 8.42 Å². The largest absolute Gasteiger partial charge is 0.375 e. The molecule has 76 valence electrons. The van der Waals surface area contributed by atoms with Crippen molar-refractivity contribution in [3.63, 3.8) is 0 Å². The molecule has 3 N–H and O–H groups in total. The van der Waals surface area contributed by atoms with Gasteiger partial charge in [0.15, 0.2) is 5.44 Å². The fraction of sp³-hybridized carbons (Fsp3) is 0.833. The van der Waals surface area contributed by atoms with Gasteiger partial charge in [-0.1, -0.05) is 0 Å². The molecule has 1 atom stereocenters. The molecule has 1 fully saturated rings. The van der Waals surface area contributed by atoms with Crippen molar-refractivity contribution in [3.05, 3.63) is 0 Å². The molecule has 13 heavy (non-hydrogen) atoms. The van der Waals surface area contributed by atoms with Crippen LogP contribution in [-0.4, -0.2) is 35.5 Å². The van der Waals surface area contributed by atoms with Crippen LogP contribution in [0, 0.1) is 0 Å². The van der Waals surface area contributed by atoms with Gasteiger partial charge >= 0.3 is 0 Å². The van der Waals surface area contributed by atoms with Gasteiger partial charge in [-0.25, -0.2) is 0 Å². The van der Waals surface area contributed by atoms with Crippen LogP contribution in [-0.2, 0) is 14.9 Å². The summed E-state index contributed by atoms with van der Waals surface area (Å²) in [6.45, 7) is 0. The monoisotopic (exact) mass is 209 g/mol. The van der Waals surface area contributed by atoms with Gasteiger partial charge in [0.1, 0.15) is 0 Å². The van der Waals surface area contributed by atoms with E-state index >= 15 is 0 Å². The fourth-order valence-electron chi connectivity index (χ4n) is 0.778. The van der Waals surface area contributed by atoms with E-state index in [0.717, 1.165) is 12.8 Å². The Hall–Kier alpha value is -0.660. The van der Waals surface area contributed by atoms with Crippen LogP contribution in [0.15, 0.2) is 0 Å². The highest BCUT2D eigenvalue weighted by molar-refractivity contribution is 7.86. The third-order valence-electron chi connectivity index (χ3n) is 1.65. The lowest BCUT2D eigenvalue weighted by atomic mass is 10.4. The molecular weight excluding hydrogens is 198 g/mol. The second-order valence-corrected chi connectivity index (χ2v) is 4.59. The molecule has 0 aliphatic heterocycles. The maximum atomic E-state index is 10.9. The molecule has 1 aliphatic rings. The minimum atomic E-state index is -4.52. The molecule has 0 aromatic heterocycles. The predicted molar refractivity (Wildman–Crippen MR) is 43.3 cm³/mol. The van der Waals surface area contributed by atoms with Crippen LogP contribution in [0.2, 0.25) is 0 Å². The van der Waals surface area contributed by atoms with E-state index in [0.29, 0.717) is 0 Å². The smallest absolute Gasteiger partial charge is 0.292 e. The Morgan fingerprint density at radius 2 is 2.08 bits per heavy atom. The first kappa shape index (κ1) is 10.4. The third-order valence-corrected chi connectivity index (χ3v) is 2.50. The highest BCUT2D eigenvalue weighted by Crippen LogP contribution is 2.18. The van der Waals surface area contributed by atoms with Crippen LogP contribution in [0.4, 0.5) is 0 Å². The average molecular weight is 209 g/mol. The van der Waals surface area contributed by atoms with E-state index in [4.69, 9.17) is 9.66 Å². The molecule has 0 saturated heterocycles. The second kappa shape index (κ2) is 3.60. The van der Waals surface area contributed by atoms with Gasteiger partial charge in [0, 0.05) is 6.04 Å². The fourth-order valence-corrected chi connectivity index (χ4v) is 1.14. The Kier molecular flexibility index (Phi) is 2.89. The minimum absolute atomic E-state index is 0.112. The van der Waals surface area contributed by atoms with Crippen LogP contribution in [0.5, 0.6) is 0 Å². The lowest BCUT2D eigenvalue weighted by Gasteiger charge is -2.06. The van der Waals surface area contributed by atoms with E-state index in [2.05, 4.69) is 5.32 Å². The molecule has 0 aromatic rings. The van der Waals surface area contributed by atoms with Gasteiger partial charge in [0.25, 0.3) is 10.1 Å². The summed E-state index contributed by atoms with van der Waals surface area (Å²) >= 11 is 0. The Bertz CT molecular complexity index is 294. The molecule has 1 amide bonds. The Labute approximate surface area is 75.7 Å². The molecule has 6 nitrogen and oxygen atoms in total. The van der Waals surface area contributed by atoms with Crippen molar-refractivity contribution in [3.8, 4) is 0 Å². The van der Waals surface area contributed by atoms with Gasteiger partial charge in [-0.05, 0) is 12.8 Å². The summed E-state index contributed by atoms with van der Waals surface area (Å²) < 4.78 is 28.9. The zero-order valence-electron chi connectivity index (χ0n) is 6.80. The van der Waals surface area contributed by atoms with Gasteiger partial charge < -0.3 is 10.4 Å². The highest BCUT2D eigenvalue weighted by atomic mass is 32.2. The number of amides is 1. The average Bonchev–Trinajstić information content (AvgIpc) is 2.68. The van der Waals surface area contributed by atoms with E-state index in [1.54, 1.807) is 0 Å². The predicted octanol–water partition coefficient (Wildman–Crippen LogP) is -1.14. The third kappa shape index (κ3) is 3.71. The molecule has 0 bridgehead atoms. The van der Waals surface area contributed by atoms with Gasteiger partial charge in [-0.3, -0.25) is 9.35 Å². The molecule has 1 aliphatic carbocycles. The van der Waals surface area contributed by atoms with E-state index in [-0.39, 0.29) is 6.04 Å². The molecule has 7 heteroatoms. The number of hydrogen-bond acceptors (Lipinski definition) is 4. The molecule has 1 rings (SSSR count). The first-order valence-corrected chi connectivity index (χ1v) is 5.33. The molecule has 1 unspecified atom stereocenters. The van der Waals surface area contributed by atoms with Crippen LogP contribution < -0.4 is 5.32 Å². The van der Waals surface area contributed by atoms with Gasteiger partial charge in [-0.15, -0.1) is 0 Å². The number of hydrogen-bond donors (Lipinski definition) is 3. The van der Waals surface area contributed by atoms with Crippen molar-refractivity contribution in [1.29, 1.82) is 0 Å². The molecule has 0 spiro atoms. The lowest BCUT2D eigenvalue weighted by molar-refractivity contribution is -0.122. The Morgan fingerprint density at radius 3 is 2.46 bits per heavy atom. The normalized spacial score (nSPS) is 19.5. The van der Waals surface area contributed by atoms with E-state index in [9.17, 15) is 13.2 Å². The van der Waals surface area contributed by atoms with Crippen LogP contribution in [0.25, 0.3) is 0 Å². The van der Waals surface area contributed by atoms with Gasteiger partial charge in [0.2, 0.25) is 5.91 Å². The van der Waals surface area contributed by atoms with Gasteiger partial charge in [0.05, 0.1) is 6.42 Å². The van der Waals surface area contributed by atoms with E-state index in [1.807, 2.05) is 0 Å². The Balaban J connectivity index is 2.34. The van der Waals surface area contributed by atoms with Crippen molar-refractivity contribution in [2.24, 2.45) is 0 Å². The van der Waals surface area contributed by atoms with Crippen molar-refractivity contribution >= 4 is 16.0 Å². The standard InChI is InChI=1S/C6H11NO5S/c8-5(7-4-1-2-4)3-6(9)13(10,11)12/h4,6,9H,1-3H2,(H,7,8)(H,10,11,12). The first-order valence-electron chi connectivity index (χ1n) is 3.83. The number of carbonyl (C=O) groups is 1. The van der Waals surface area contributed by atoms with Crippen LogP contribution >= 0.6 is 0 Å². The molecule has 0 aromatic carbocycles. The molecular formula is C6H11NO5S. The summed E-state index contributed by atoms with van der Waals surface area (Å²) in [5, 5.41) is 11.3. The zero-order valence-corrected chi connectivity index (χ0v) is 7.62. The quantitative estimate of drug-likeness (QED) is 0.508. The SMILES string of the molecule is O=C(CC(O)S(=O)(=O)O)NC1CC1. The summed E-state index contributed by atoms with van der Waals surface area (Å²) in [4.78, 5) is 10.9. The van der Waals surface area contributed by atoms with Crippen LogP contribution in [0.3, 0.4) is 0 Å². The number of carbonyl (C=O) groups excluding carboxylic acids is 1. The van der Waals surface area contributed by atoms with Crippen molar-refractivity contribution in [1.82, 2.24) is 5.32 Å². The number of rotatable bonds is 4. The highest BCUT2D eigenvalue weighted by Gasteiger charge is 2.27. The number of aliphatic hydroxyl groups is 1. The lowest BCUT2D eigenvalue weighted by Crippen LogP contribution is -2.32. The topological polar surface area (TPSA) is 104 Å². The molecule has 0 heterocycles. The maximum Gasteiger partial charge on any atom is 0.292 e. The molecule has 1 saturated carbocycles. The number of nitrogens with one attached hydrogen (secondary N) is 1. The maximum absolute atomic E-state index is 10.9. The van der Waals surface area contributed by atoms with E-state index in [1.165, 1.54) is 0 Å². The first-order chi connectivity index (χ1) is 5.89. The van der Waals surface area contributed by atoms with Crippen LogP contribution in [0.1, 0.15) is 19.3 Å². The second-order valence-electron chi connectivity index (χ2n) is 3.02. The summed E-state index contributed by atoms with van der Waals surface area (Å²) in [6, 6.07) is 0.112. The summed E-state index contributed by atoms with van der Waals surface area (Å²) in [7, 11) is -4.52. The summed E-state index contributed by atoms with van der Waals surface area (Å²) in [6.07, 6.45) is 1.15. The number of aliphatic hydroxyl groups excluding tert-OH is 1. The minimum Gasteiger partial charge on any atom is -0.375 e. The van der Waals surface area contributed by atoms with E-state index < -0.39 is 27.9 Å². The summed E-state index contributed by atoms with van der Waals surface area (Å²) in [5.74, 6) is -0.562. The van der Waals surface area contributed by atoms with Crippen molar-refractivity contribution in [2.45, 2.75) is 30.7 Å². The summed E-state index contributed by atoms with van der Waals surface area (Å²) in [5.41, 5.74) is -2.02. The van der Waals surface area contributed by atoms with Crippen molar-refractivity contribution < 1.29 is 22.9 Å². The zero-order chi connectivity index (χ0) is 10.1. The molecule has 0 radical (unpaired) electrons.